The van der Waals surface area contributed by atoms with E-state index < -0.39 is 6.09 Å². The lowest BCUT2D eigenvalue weighted by atomic mass is 10.5. The Hall–Kier alpha value is -1.30. The molecule has 0 radical (unpaired) electrons. The number of halogens is 1. The summed E-state index contributed by atoms with van der Waals surface area (Å²) in [5, 5.41) is 9.29. The molecule has 0 spiro atoms. The maximum atomic E-state index is 10.9. The third-order valence-electron chi connectivity index (χ3n) is 1.35. The first-order valence-corrected chi connectivity index (χ1v) is 4.71. The molecule has 14 heavy (non-hydrogen) atoms. The molecular formula is C8H9BrN2O3. The van der Waals surface area contributed by atoms with Crippen molar-refractivity contribution in [3.05, 3.63) is 28.3 Å². The normalized spacial score (nSPS) is 11.4. The van der Waals surface area contributed by atoms with Gasteiger partial charge in [0.2, 0.25) is 0 Å². The van der Waals surface area contributed by atoms with E-state index in [9.17, 15) is 10.0 Å². The Labute approximate surface area is 88.7 Å². The van der Waals surface area contributed by atoms with Gasteiger partial charge in [0, 0.05) is 4.47 Å². The van der Waals surface area contributed by atoms with Gasteiger partial charge in [-0.25, -0.2) is 4.79 Å². The van der Waals surface area contributed by atoms with Gasteiger partial charge in [-0.1, -0.05) is 0 Å². The van der Waals surface area contributed by atoms with Crippen LogP contribution in [-0.2, 0) is 4.74 Å². The van der Waals surface area contributed by atoms with Crippen LogP contribution >= 0.6 is 15.9 Å². The van der Waals surface area contributed by atoms with Gasteiger partial charge in [-0.2, -0.15) is 9.72 Å². The van der Waals surface area contributed by atoms with Gasteiger partial charge in [0.15, 0.2) is 5.49 Å². The van der Waals surface area contributed by atoms with Gasteiger partial charge in [-0.15, -0.1) is 0 Å². The first-order chi connectivity index (χ1) is 6.63. The molecule has 0 fully saturated rings. The fraction of sp³-hybridized carbons (Fsp3) is 0.250. The van der Waals surface area contributed by atoms with Crippen LogP contribution in [0.1, 0.15) is 6.92 Å². The topological polar surface area (TPSA) is 63.8 Å². The summed E-state index contributed by atoms with van der Waals surface area (Å²) in [7, 11) is 0. The van der Waals surface area contributed by atoms with Crippen molar-refractivity contribution in [2.75, 3.05) is 6.61 Å². The van der Waals surface area contributed by atoms with Gasteiger partial charge < -0.3 is 9.94 Å². The maximum Gasteiger partial charge on any atom is 0.435 e. The zero-order chi connectivity index (χ0) is 10.6. The molecule has 0 aliphatic carbocycles. The van der Waals surface area contributed by atoms with Crippen molar-refractivity contribution in [3.63, 3.8) is 0 Å². The predicted molar refractivity (Wildman–Crippen MR) is 51.9 cm³/mol. The van der Waals surface area contributed by atoms with Crippen LogP contribution in [0.15, 0.2) is 27.8 Å². The number of nitrogens with zero attached hydrogens (tertiary/aromatic N) is 2. The van der Waals surface area contributed by atoms with Gasteiger partial charge in [-0.3, -0.25) is 0 Å². The highest BCUT2D eigenvalue weighted by atomic mass is 79.9. The molecule has 6 heteroatoms. The van der Waals surface area contributed by atoms with Crippen molar-refractivity contribution in [1.82, 2.24) is 4.73 Å². The Morgan fingerprint density at radius 1 is 1.71 bits per heavy atom. The van der Waals surface area contributed by atoms with Crippen LogP contribution in [0.4, 0.5) is 4.79 Å². The number of amides is 1. The van der Waals surface area contributed by atoms with Crippen molar-refractivity contribution in [2.24, 2.45) is 4.99 Å². The van der Waals surface area contributed by atoms with E-state index in [0.717, 1.165) is 4.73 Å². The van der Waals surface area contributed by atoms with E-state index in [1.165, 1.54) is 12.3 Å². The third kappa shape index (κ3) is 2.88. The monoisotopic (exact) mass is 260 g/mol. The number of hydrogen-bond donors (Lipinski definition) is 1. The van der Waals surface area contributed by atoms with Gasteiger partial charge >= 0.3 is 6.09 Å². The Bertz CT molecular complexity index is 400. The smallest absolute Gasteiger partial charge is 0.435 e. The highest BCUT2D eigenvalue weighted by Gasteiger charge is 1.98. The Morgan fingerprint density at radius 3 is 3.00 bits per heavy atom. The summed E-state index contributed by atoms with van der Waals surface area (Å²) in [6, 6.07) is 3.14. The summed E-state index contributed by atoms with van der Waals surface area (Å²) in [4.78, 5) is 14.4. The van der Waals surface area contributed by atoms with Gasteiger partial charge in [0.05, 0.1) is 12.8 Å². The second kappa shape index (κ2) is 4.80. The van der Waals surface area contributed by atoms with E-state index in [2.05, 4.69) is 25.7 Å². The fourth-order valence-electron chi connectivity index (χ4n) is 0.794. The number of rotatable bonds is 1. The number of carbonyl (C=O) groups excluding carboxylic acids is 1. The first kappa shape index (κ1) is 10.8. The molecule has 76 valence electrons. The minimum atomic E-state index is -0.724. The number of aromatic nitrogens is 1. The summed E-state index contributed by atoms with van der Waals surface area (Å²) < 4.78 is 6.01. The molecule has 1 rings (SSSR count). The number of hydrogen-bond acceptors (Lipinski definition) is 3. The Kier molecular flexibility index (Phi) is 3.70. The first-order valence-electron chi connectivity index (χ1n) is 3.92. The zero-order valence-corrected chi connectivity index (χ0v) is 9.06. The van der Waals surface area contributed by atoms with Gasteiger partial charge in [-0.05, 0) is 35.0 Å². The van der Waals surface area contributed by atoms with E-state index in [4.69, 9.17) is 0 Å². The lowest BCUT2D eigenvalue weighted by Crippen LogP contribution is -2.19. The molecule has 1 aromatic heterocycles. The average molecular weight is 261 g/mol. The second-order valence-electron chi connectivity index (χ2n) is 2.36. The van der Waals surface area contributed by atoms with E-state index >= 15 is 0 Å². The van der Waals surface area contributed by atoms with Gasteiger partial charge in [0.25, 0.3) is 0 Å². The van der Waals surface area contributed by atoms with E-state index in [-0.39, 0.29) is 12.1 Å². The fourth-order valence-corrected chi connectivity index (χ4v) is 1.12. The van der Waals surface area contributed by atoms with Crippen molar-refractivity contribution in [3.8, 4) is 0 Å². The summed E-state index contributed by atoms with van der Waals surface area (Å²) in [6.07, 6.45) is 0.649. The van der Waals surface area contributed by atoms with Crippen LogP contribution in [0.2, 0.25) is 0 Å². The van der Waals surface area contributed by atoms with Crippen LogP contribution in [0.25, 0.3) is 0 Å². The minimum Gasteiger partial charge on any atom is -0.448 e. The standard InChI is InChI=1S/C8H9BrN2O3/c1-2-14-8(12)10-7-4-3-6(9)5-11(7)13/h3-5,13H,2H2,1H3/b10-7-. The van der Waals surface area contributed by atoms with Gasteiger partial charge in [0.1, 0.15) is 0 Å². The highest BCUT2D eigenvalue weighted by Crippen LogP contribution is 2.03. The molecule has 0 bridgehead atoms. The van der Waals surface area contributed by atoms with Crippen LogP contribution in [-0.4, -0.2) is 22.6 Å². The lowest BCUT2D eigenvalue weighted by molar-refractivity contribution is 0.153. The number of ether oxygens (including phenoxy) is 1. The molecule has 1 amide bonds. The van der Waals surface area contributed by atoms with Crippen LogP contribution in [0.5, 0.6) is 0 Å². The molecule has 0 unspecified atom stereocenters. The molecule has 0 aromatic carbocycles. The van der Waals surface area contributed by atoms with Crippen LogP contribution < -0.4 is 5.49 Å². The minimum absolute atomic E-state index is 0.117. The average Bonchev–Trinajstić information content (AvgIpc) is 2.10. The van der Waals surface area contributed by atoms with E-state index in [1.807, 2.05) is 0 Å². The zero-order valence-electron chi connectivity index (χ0n) is 7.48. The molecule has 0 aliphatic rings. The SMILES string of the molecule is CCOC(=O)/N=c1/ccc(Br)cn1O. The Morgan fingerprint density at radius 2 is 2.43 bits per heavy atom. The molecule has 0 atom stereocenters. The molecule has 5 nitrogen and oxygen atoms in total. The summed E-state index contributed by atoms with van der Waals surface area (Å²) >= 11 is 3.15. The number of carbonyl (C=O) groups is 1. The summed E-state index contributed by atoms with van der Waals surface area (Å²) in [5.41, 5.74) is 0.117. The van der Waals surface area contributed by atoms with E-state index in [1.54, 1.807) is 13.0 Å². The molecule has 0 aliphatic heterocycles. The molecule has 1 aromatic rings. The van der Waals surface area contributed by atoms with Crippen LogP contribution in [0, 0.1) is 0 Å². The largest absolute Gasteiger partial charge is 0.448 e. The van der Waals surface area contributed by atoms with Crippen molar-refractivity contribution in [2.45, 2.75) is 6.92 Å². The van der Waals surface area contributed by atoms with Crippen molar-refractivity contribution in [1.29, 1.82) is 0 Å². The third-order valence-corrected chi connectivity index (χ3v) is 1.81. The van der Waals surface area contributed by atoms with Crippen molar-refractivity contribution < 1.29 is 14.7 Å². The van der Waals surface area contributed by atoms with Crippen molar-refractivity contribution >= 4 is 22.0 Å². The molecule has 1 N–H and O–H groups in total. The Balaban J connectivity index is 3.01. The summed E-state index contributed by atoms with van der Waals surface area (Å²) in [5.74, 6) is 0. The molecular weight excluding hydrogens is 252 g/mol. The summed E-state index contributed by atoms with van der Waals surface area (Å²) in [6.45, 7) is 1.94. The molecule has 1 heterocycles. The number of pyridine rings is 1. The second-order valence-corrected chi connectivity index (χ2v) is 3.28. The molecule has 0 saturated heterocycles. The maximum absolute atomic E-state index is 10.9. The lowest BCUT2D eigenvalue weighted by Gasteiger charge is -1.98. The predicted octanol–water partition coefficient (Wildman–Crippen LogP) is 1.55. The molecule has 0 saturated carbocycles. The quantitative estimate of drug-likeness (QED) is 0.780. The van der Waals surface area contributed by atoms with E-state index in [0.29, 0.717) is 4.47 Å². The highest BCUT2D eigenvalue weighted by molar-refractivity contribution is 9.10. The van der Waals surface area contributed by atoms with Crippen LogP contribution in [0.3, 0.4) is 0 Å².